The molecule has 0 aromatic heterocycles. The van der Waals surface area contributed by atoms with Crippen LogP contribution in [0, 0.1) is 0 Å². The molecular weight excluding hydrogens is 477 g/mol. The third kappa shape index (κ3) is 12.5. The Balaban J connectivity index is 5.05. The molecule has 0 spiro atoms. The molecular formula is C6H28O13Si7. The summed E-state index contributed by atoms with van der Waals surface area (Å²) in [6, 6.07) is 0. The Hall–Kier alpha value is 0.998. The Morgan fingerprint density at radius 1 is 0.462 bits per heavy atom. The second-order valence-corrected chi connectivity index (χ2v) is 22.7. The molecule has 0 heterocycles. The van der Waals surface area contributed by atoms with E-state index in [1.165, 1.54) is 6.55 Å². The van der Waals surface area contributed by atoms with Gasteiger partial charge < -0.3 is 58.3 Å². The third-order valence-corrected chi connectivity index (χ3v) is 20.5. The molecule has 0 aliphatic rings. The number of rotatable bonds is 11. The molecule has 0 saturated heterocycles. The molecule has 20 heteroatoms. The first kappa shape index (κ1) is 27.0. The van der Waals surface area contributed by atoms with Crippen molar-refractivity contribution in [1.82, 2.24) is 0 Å². The molecule has 7 N–H and O–H groups in total. The quantitative estimate of drug-likeness (QED) is 0.134. The maximum absolute atomic E-state index is 10.3. The minimum atomic E-state index is -4.29. The first-order chi connectivity index (χ1) is 11.1. The van der Waals surface area contributed by atoms with Crippen LogP contribution in [-0.2, 0) is 24.7 Å². The largest absolute Gasteiger partial charge is 0.484 e. The molecule has 26 heavy (non-hydrogen) atoms. The normalized spacial score (nSPS) is 24.8. The lowest BCUT2D eigenvalue weighted by Crippen LogP contribution is -2.64. The Morgan fingerprint density at radius 2 is 0.692 bits per heavy atom. The van der Waals surface area contributed by atoms with E-state index in [1.807, 2.05) is 0 Å². The smallest absolute Gasteiger partial charge is 0.425 e. The maximum Gasteiger partial charge on any atom is 0.484 e. The van der Waals surface area contributed by atoms with Gasteiger partial charge in [0.05, 0.1) is 0 Å². The summed E-state index contributed by atoms with van der Waals surface area (Å²) in [7, 11) is -24.5. The van der Waals surface area contributed by atoms with Gasteiger partial charge in [0, 0.05) is 39.3 Å². The summed E-state index contributed by atoms with van der Waals surface area (Å²) in [6.07, 6.45) is 0. The van der Waals surface area contributed by atoms with E-state index < -0.39 is 52.8 Å². The summed E-state index contributed by atoms with van der Waals surface area (Å²) in [5.74, 6) is 0. The van der Waals surface area contributed by atoms with E-state index in [1.54, 1.807) is 0 Å². The fourth-order valence-corrected chi connectivity index (χ4v) is 19.3. The van der Waals surface area contributed by atoms with Gasteiger partial charge in [-0.1, -0.05) is 0 Å². The van der Waals surface area contributed by atoms with E-state index >= 15 is 0 Å². The topological polar surface area (TPSA) is 197 Å². The highest BCUT2D eigenvalue weighted by atomic mass is 28.5. The standard InChI is InChI=1S/C6H28O13Si7/c1-21(7,8)15-23(3,10)17-25(5,12)19-26(6,13)18-24(4,11)16-22(2,9)14-20/h7-13H,1-6,20H3. The molecule has 13 nitrogen and oxygen atoms in total. The monoisotopic (exact) mass is 504 g/mol. The Labute approximate surface area is 161 Å². The van der Waals surface area contributed by atoms with Crippen LogP contribution in [0.1, 0.15) is 0 Å². The Kier molecular flexibility index (Phi) is 9.12. The fourth-order valence-electron chi connectivity index (χ4n) is 1.89. The van der Waals surface area contributed by atoms with Gasteiger partial charge in [0.1, 0.15) is 10.5 Å². The third-order valence-electron chi connectivity index (χ3n) is 2.28. The second kappa shape index (κ2) is 8.79. The predicted octanol–water partition coefficient (Wildman–Crippen LogP) is -4.28. The van der Waals surface area contributed by atoms with Crippen LogP contribution in [-0.4, -0.2) is 96.9 Å². The van der Waals surface area contributed by atoms with Gasteiger partial charge in [0.25, 0.3) is 0 Å². The van der Waals surface area contributed by atoms with Gasteiger partial charge in [-0.15, -0.1) is 0 Å². The van der Waals surface area contributed by atoms with Crippen molar-refractivity contribution in [1.29, 1.82) is 0 Å². The van der Waals surface area contributed by atoms with Crippen LogP contribution in [0.5, 0.6) is 0 Å². The predicted molar refractivity (Wildman–Crippen MR) is 102 cm³/mol. The first-order valence-electron chi connectivity index (χ1n) is 7.22. The van der Waals surface area contributed by atoms with Gasteiger partial charge in [-0.2, -0.15) is 0 Å². The molecule has 5 unspecified atom stereocenters. The van der Waals surface area contributed by atoms with Gasteiger partial charge in [0.2, 0.25) is 0 Å². The molecule has 0 fully saturated rings. The zero-order chi connectivity index (χ0) is 21.2. The molecule has 0 bridgehead atoms. The van der Waals surface area contributed by atoms with Crippen molar-refractivity contribution in [3.8, 4) is 0 Å². The average molecular weight is 505 g/mol. The van der Waals surface area contributed by atoms with Gasteiger partial charge in [-0.25, -0.2) is 0 Å². The van der Waals surface area contributed by atoms with Gasteiger partial charge in [-0.05, 0) is 0 Å². The summed E-state index contributed by atoms with van der Waals surface area (Å²) < 4.78 is 29.6. The summed E-state index contributed by atoms with van der Waals surface area (Å²) >= 11 is 0. The van der Waals surface area contributed by atoms with Crippen molar-refractivity contribution in [3.05, 3.63) is 0 Å². The van der Waals surface area contributed by atoms with Crippen molar-refractivity contribution >= 4 is 63.3 Å². The first-order valence-corrected chi connectivity index (χ1v) is 21.7. The van der Waals surface area contributed by atoms with Crippen LogP contribution in [0.3, 0.4) is 0 Å². The molecule has 0 aliphatic heterocycles. The van der Waals surface area contributed by atoms with Crippen LogP contribution in [0.25, 0.3) is 0 Å². The van der Waals surface area contributed by atoms with Crippen molar-refractivity contribution < 1.29 is 58.3 Å². The molecule has 0 rings (SSSR count). The maximum atomic E-state index is 10.3. The van der Waals surface area contributed by atoms with Crippen LogP contribution in [0.2, 0.25) is 39.3 Å². The SMILES string of the molecule is C[Si](O)(O)O[Si](C)(O)O[Si](C)(O)O[Si](C)(O)O[Si](C)(O)O[Si](C)(O)O[SiH3]. The van der Waals surface area contributed by atoms with Gasteiger partial charge >= 0.3 is 52.8 Å². The number of hydrogen-bond acceptors (Lipinski definition) is 13. The van der Waals surface area contributed by atoms with E-state index in [4.69, 9.17) is 20.6 Å². The van der Waals surface area contributed by atoms with Gasteiger partial charge in [-0.3, -0.25) is 0 Å². The molecule has 0 amide bonds. The molecule has 0 radical (unpaired) electrons. The summed E-state index contributed by atoms with van der Waals surface area (Å²) in [4.78, 5) is 69.0. The van der Waals surface area contributed by atoms with Crippen LogP contribution in [0.15, 0.2) is 0 Å². The highest BCUT2D eigenvalue weighted by Gasteiger charge is 2.55. The lowest BCUT2D eigenvalue weighted by Gasteiger charge is -2.36. The van der Waals surface area contributed by atoms with Crippen molar-refractivity contribution in [2.75, 3.05) is 0 Å². The molecule has 0 aromatic rings. The van der Waals surface area contributed by atoms with Crippen molar-refractivity contribution in [2.24, 2.45) is 0 Å². The minimum Gasteiger partial charge on any atom is -0.425 e. The zero-order valence-corrected chi connectivity index (χ0v) is 23.6. The van der Waals surface area contributed by atoms with Crippen LogP contribution < -0.4 is 0 Å². The molecule has 0 saturated carbocycles. The van der Waals surface area contributed by atoms with E-state index in [0.29, 0.717) is 0 Å². The summed E-state index contributed by atoms with van der Waals surface area (Å²) in [5.41, 5.74) is 0. The number of hydrogen-bond donors (Lipinski definition) is 7. The van der Waals surface area contributed by atoms with E-state index in [-0.39, 0.29) is 10.5 Å². The molecule has 0 aromatic carbocycles. The zero-order valence-electron chi connectivity index (χ0n) is 15.6. The Bertz CT molecular complexity index is 462. The summed E-state index contributed by atoms with van der Waals surface area (Å²) in [6.45, 7) is 6.41. The highest BCUT2D eigenvalue weighted by molar-refractivity contribution is 6.84. The lowest BCUT2D eigenvalue weighted by molar-refractivity contribution is 0.105. The van der Waals surface area contributed by atoms with E-state index in [0.717, 1.165) is 32.7 Å². The lowest BCUT2D eigenvalue weighted by atomic mass is 11.9. The van der Waals surface area contributed by atoms with E-state index in [2.05, 4.69) is 4.12 Å². The second-order valence-electron chi connectivity index (χ2n) is 6.14. The molecule has 0 aliphatic carbocycles. The van der Waals surface area contributed by atoms with Crippen LogP contribution >= 0.6 is 0 Å². The fraction of sp³-hybridized carbons (Fsp3) is 1.00. The van der Waals surface area contributed by atoms with Crippen molar-refractivity contribution in [3.63, 3.8) is 0 Å². The summed E-state index contributed by atoms with van der Waals surface area (Å²) in [5, 5.41) is 0. The van der Waals surface area contributed by atoms with Gasteiger partial charge in [0.15, 0.2) is 0 Å². The highest BCUT2D eigenvalue weighted by Crippen LogP contribution is 2.22. The molecule has 158 valence electrons. The van der Waals surface area contributed by atoms with E-state index in [9.17, 15) is 33.6 Å². The molecule has 5 atom stereocenters. The average Bonchev–Trinajstić information content (AvgIpc) is 2.16. The van der Waals surface area contributed by atoms with Crippen LogP contribution in [0.4, 0.5) is 0 Å². The van der Waals surface area contributed by atoms with Crippen molar-refractivity contribution in [2.45, 2.75) is 39.3 Å². The Morgan fingerprint density at radius 3 is 0.923 bits per heavy atom. The minimum absolute atomic E-state index is 0.149.